The number of benzene rings is 2. The Kier molecular flexibility index (Phi) is 4.50. The summed E-state index contributed by atoms with van der Waals surface area (Å²) < 4.78 is 0. The summed E-state index contributed by atoms with van der Waals surface area (Å²) in [6.45, 7) is 0. The zero-order chi connectivity index (χ0) is 13.0. The molecule has 3 heteroatoms. The summed E-state index contributed by atoms with van der Waals surface area (Å²) in [4.78, 5) is 14.2. The fourth-order valence-corrected chi connectivity index (χ4v) is 3.81. The molecule has 1 atom stereocenters. The molecule has 0 spiro atoms. The van der Waals surface area contributed by atoms with Crippen LogP contribution in [0, 0.1) is 0 Å². The zero-order valence-corrected chi connectivity index (χ0v) is 11.9. The van der Waals surface area contributed by atoms with Gasteiger partial charge in [0, 0.05) is 16.5 Å². The zero-order valence-electron chi connectivity index (χ0n) is 10.2. The van der Waals surface area contributed by atoms with Gasteiger partial charge < -0.3 is 0 Å². The van der Waals surface area contributed by atoms with Gasteiger partial charge in [0.25, 0.3) is 0 Å². The average molecular weight is 275 g/mol. The van der Waals surface area contributed by atoms with Crippen LogP contribution in [0.2, 0.25) is 0 Å². The molecular formula is C15H15OS2+. The summed E-state index contributed by atoms with van der Waals surface area (Å²) in [5.74, 6) is 0.736. The van der Waals surface area contributed by atoms with E-state index in [4.69, 9.17) is 0 Å². The fourth-order valence-electron chi connectivity index (χ4n) is 1.73. The number of thiol groups is 1. The minimum absolute atomic E-state index is 0.101. The van der Waals surface area contributed by atoms with E-state index >= 15 is 0 Å². The third-order valence-electron chi connectivity index (χ3n) is 2.68. The molecule has 1 unspecified atom stereocenters. The third kappa shape index (κ3) is 3.18. The monoisotopic (exact) mass is 275 g/mol. The predicted molar refractivity (Wildman–Crippen MR) is 80.9 cm³/mol. The van der Waals surface area contributed by atoms with Gasteiger partial charge in [0.2, 0.25) is 5.78 Å². The van der Waals surface area contributed by atoms with Crippen molar-refractivity contribution < 1.29 is 4.79 Å². The van der Waals surface area contributed by atoms with E-state index in [1.165, 1.54) is 0 Å². The molecule has 92 valence electrons. The lowest BCUT2D eigenvalue weighted by atomic mass is 10.2. The summed E-state index contributed by atoms with van der Waals surface area (Å²) in [6, 6.07) is 17.4. The highest BCUT2D eigenvalue weighted by molar-refractivity contribution is 7.97. The molecule has 0 N–H and O–H groups in total. The van der Waals surface area contributed by atoms with Crippen molar-refractivity contribution in [2.24, 2.45) is 0 Å². The average Bonchev–Trinajstić information content (AvgIpc) is 2.40. The van der Waals surface area contributed by atoms with Crippen LogP contribution in [-0.2, 0) is 10.9 Å². The molecule has 2 aromatic carbocycles. The molecule has 0 aliphatic rings. The maximum atomic E-state index is 12.1. The van der Waals surface area contributed by atoms with Crippen molar-refractivity contribution >= 4 is 29.3 Å². The van der Waals surface area contributed by atoms with Gasteiger partial charge in [-0.25, -0.2) is 0 Å². The van der Waals surface area contributed by atoms with Gasteiger partial charge >= 0.3 is 0 Å². The lowest BCUT2D eigenvalue weighted by Crippen LogP contribution is -2.16. The Morgan fingerprint density at radius 1 is 1.06 bits per heavy atom. The van der Waals surface area contributed by atoms with Crippen molar-refractivity contribution in [2.75, 3.05) is 12.0 Å². The van der Waals surface area contributed by atoms with Crippen LogP contribution < -0.4 is 0 Å². The fraction of sp³-hybridized carbons (Fsp3) is 0.133. The first kappa shape index (κ1) is 13.2. The van der Waals surface area contributed by atoms with Crippen LogP contribution in [0.25, 0.3) is 0 Å². The highest BCUT2D eigenvalue weighted by Crippen LogP contribution is 2.21. The van der Waals surface area contributed by atoms with E-state index in [9.17, 15) is 4.79 Å². The Hall–Kier alpha value is -1.19. The predicted octanol–water partition coefficient (Wildman–Crippen LogP) is 3.47. The standard InChI is InChI=1S/C15H14OS2/c1-18(15-10-6-5-9-14(15)17)11-13(16)12-7-3-2-4-8-12/h2-10H,11H2,1H3/p+1. The molecule has 1 nitrogen and oxygen atoms in total. The molecule has 0 aliphatic heterocycles. The van der Waals surface area contributed by atoms with Gasteiger partial charge in [0.15, 0.2) is 10.6 Å². The van der Waals surface area contributed by atoms with Crippen molar-refractivity contribution in [1.29, 1.82) is 0 Å². The molecule has 18 heavy (non-hydrogen) atoms. The van der Waals surface area contributed by atoms with E-state index in [1.807, 2.05) is 54.6 Å². The van der Waals surface area contributed by atoms with Crippen LogP contribution >= 0.6 is 12.6 Å². The highest BCUT2D eigenvalue weighted by atomic mass is 32.2. The number of ketones is 1. The SMILES string of the molecule is C[S+](CC(=O)c1ccccc1)c1ccccc1S. The van der Waals surface area contributed by atoms with Gasteiger partial charge in [0.1, 0.15) is 6.26 Å². The molecule has 2 aromatic rings. The van der Waals surface area contributed by atoms with Gasteiger partial charge in [-0.3, -0.25) is 4.79 Å². The molecule has 0 bridgehead atoms. The third-order valence-corrected chi connectivity index (χ3v) is 5.03. The minimum atomic E-state index is -0.101. The number of Topliss-reactive ketones (excluding diaryl/α,β-unsaturated/α-hetero) is 1. The summed E-state index contributed by atoms with van der Waals surface area (Å²) in [5.41, 5.74) is 0.786. The number of carbonyl (C=O) groups excluding carboxylic acids is 1. The van der Waals surface area contributed by atoms with Gasteiger partial charge in [0.05, 0.1) is 4.90 Å². The molecule has 0 aliphatic carbocycles. The van der Waals surface area contributed by atoms with Crippen molar-refractivity contribution in [2.45, 2.75) is 9.79 Å². The summed E-state index contributed by atoms with van der Waals surface area (Å²) in [5, 5.41) is 0. The number of hydrogen-bond acceptors (Lipinski definition) is 2. The quantitative estimate of drug-likeness (QED) is 0.514. The maximum absolute atomic E-state index is 12.1. The number of carbonyl (C=O) groups is 1. The largest absolute Gasteiger partial charge is 0.289 e. The summed E-state index contributed by atoms with van der Waals surface area (Å²) >= 11 is 4.44. The van der Waals surface area contributed by atoms with Crippen LogP contribution in [0.5, 0.6) is 0 Å². The van der Waals surface area contributed by atoms with Crippen LogP contribution in [0.15, 0.2) is 64.4 Å². The Morgan fingerprint density at radius 3 is 2.33 bits per heavy atom. The van der Waals surface area contributed by atoms with Crippen molar-refractivity contribution in [3.8, 4) is 0 Å². The van der Waals surface area contributed by atoms with E-state index in [2.05, 4.69) is 18.9 Å². The first-order chi connectivity index (χ1) is 8.68. The van der Waals surface area contributed by atoms with E-state index in [0.717, 1.165) is 15.4 Å². The number of hydrogen-bond donors (Lipinski definition) is 1. The maximum Gasteiger partial charge on any atom is 0.212 e. The highest BCUT2D eigenvalue weighted by Gasteiger charge is 2.22. The molecule has 0 radical (unpaired) electrons. The molecule has 0 aromatic heterocycles. The van der Waals surface area contributed by atoms with Gasteiger partial charge in [-0.2, -0.15) is 0 Å². The van der Waals surface area contributed by atoms with Gasteiger partial charge in [-0.05, 0) is 12.1 Å². The van der Waals surface area contributed by atoms with E-state index in [0.29, 0.717) is 5.75 Å². The Labute approximate surface area is 116 Å². The molecule has 0 heterocycles. The normalized spacial score (nSPS) is 12.1. The summed E-state index contributed by atoms with van der Waals surface area (Å²) in [7, 11) is -0.101. The molecule has 0 saturated carbocycles. The number of rotatable bonds is 4. The molecule has 2 rings (SSSR count). The van der Waals surface area contributed by atoms with Crippen LogP contribution in [0.1, 0.15) is 10.4 Å². The second-order valence-corrected chi connectivity index (χ2v) is 6.52. The Morgan fingerprint density at radius 2 is 1.67 bits per heavy atom. The topological polar surface area (TPSA) is 17.1 Å². The smallest absolute Gasteiger partial charge is 0.212 e. The van der Waals surface area contributed by atoms with Crippen molar-refractivity contribution in [3.63, 3.8) is 0 Å². The molecule has 0 saturated heterocycles. The van der Waals surface area contributed by atoms with Crippen LogP contribution in [0.4, 0.5) is 0 Å². The van der Waals surface area contributed by atoms with Gasteiger partial charge in [-0.15, -0.1) is 12.6 Å². The van der Waals surface area contributed by atoms with Crippen molar-refractivity contribution in [1.82, 2.24) is 0 Å². The van der Waals surface area contributed by atoms with E-state index in [-0.39, 0.29) is 16.7 Å². The van der Waals surface area contributed by atoms with Crippen LogP contribution in [0.3, 0.4) is 0 Å². The second kappa shape index (κ2) is 6.12. The van der Waals surface area contributed by atoms with E-state index in [1.54, 1.807) is 0 Å². The first-order valence-corrected chi connectivity index (χ1v) is 7.92. The first-order valence-electron chi connectivity index (χ1n) is 5.67. The van der Waals surface area contributed by atoms with E-state index < -0.39 is 0 Å². The Balaban J connectivity index is 2.11. The summed E-state index contributed by atoms with van der Waals surface area (Å²) in [6.07, 6.45) is 2.09. The van der Waals surface area contributed by atoms with Gasteiger partial charge in [-0.1, -0.05) is 42.5 Å². The molecular weight excluding hydrogens is 260 g/mol. The lowest BCUT2D eigenvalue weighted by molar-refractivity contribution is 0.102. The molecule has 0 amide bonds. The second-order valence-electron chi connectivity index (χ2n) is 4.04. The molecule has 0 fully saturated rings. The Bertz CT molecular complexity index is 537. The lowest BCUT2D eigenvalue weighted by Gasteiger charge is -2.04. The van der Waals surface area contributed by atoms with Crippen LogP contribution in [-0.4, -0.2) is 17.8 Å². The minimum Gasteiger partial charge on any atom is -0.289 e. The van der Waals surface area contributed by atoms with Crippen molar-refractivity contribution in [3.05, 3.63) is 60.2 Å².